The van der Waals surface area contributed by atoms with E-state index in [1.165, 1.54) is 0 Å². The van der Waals surface area contributed by atoms with Gasteiger partial charge in [0.2, 0.25) is 0 Å². The van der Waals surface area contributed by atoms with Gasteiger partial charge in [-0.15, -0.1) is 0 Å². The molecule has 4 N–H and O–H groups in total. The van der Waals surface area contributed by atoms with Crippen LogP contribution < -0.4 is 10.6 Å². The number of rotatable bonds is 8. The number of alkyl carbamates (subject to hydrolysis) is 2. The Morgan fingerprint density at radius 3 is 1.38 bits per heavy atom. The molecule has 2 aromatic carbocycles. The molecule has 45 heavy (non-hydrogen) atoms. The Labute approximate surface area is 264 Å². The number of fused-ring (bicyclic) bond motifs is 4. The summed E-state index contributed by atoms with van der Waals surface area (Å²) >= 11 is 0. The maximum absolute atomic E-state index is 12.4. The van der Waals surface area contributed by atoms with Gasteiger partial charge in [0.1, 0.15) is 13.2 Å². The van der Waals surface area contributed by atoms with E-state index in [0.29, 0.717) is 38.5 Å². The third kappa shape index (κ3) is 7.78. The summed E-state index contributed by atoms with van der Waals surface area (Å²) in [5.41, 5.74) is -0.181. The molecule has 10 heteroatoms. The van der Waals surface area contributed by atoms with Crippen LogP contribution in [-0.2, 0) is 32.3 Å². The molecule has 0 saturated heterocycles. The molecule has 0 aliphatic heterocycles. The van der Waals surface area contributed by atoms with Crippen molar-refractivity contribution < 1.29 is 38.9 Å². The van der Waals surface area contributed by atoms with Crippen LogP contribution in [0.15, 0.2) is 60.7 Å². The largest absolute Gasteiger partial charge is 0.481 e. The number of carbonyl (C=O) groups is 4. The topological polar surface area (TPSA) is 151 Å². The lowest BCUT2D eigenvalue weighted by Gasteiger charge is -2.39. The molecule has 4 bridgehead atoms. The van der Waals surface area contributed by atoms with Gasteiger partial charge < -0.3 is 30.3 Å². The van der Waals surface area contributed by atoms with Crippen LogP contribution in [-0.4, -0.2) is 45.4 Å². The summed E-state index contributed by atoms with van der Waals surface area (Å²) < 4.78 is 10.8. The Morgan fingerprint density at radius 1 is 0.578 bits per heavy atom. The fourth-order valence-corrected chi connectivity index (χ4v) is 7.86. The molecule has 6 rings (SSSR count). The third-order valence-electron chi connectivity index (χ3n) is 10.2. The van der Waals surface area contributed by atoms with Gasteiger partial charge in [-0.3, -0.25) is 9.59 Å². The van der Waals surface area contributed by atoms with Crippen LogP contribution in [0.5, 0.6) is 0 Å². The molecule has 244 valence electrons. The van der Waals surface area contributed by atoms with E-state index in [4.69, 9.17) is 19.7 Å². The highest BCUT2D eigenvalue weighted by atomic mass is 16.6. The van der Waals surface area contributed by atoms with Crippen LogP contribution >= 0.6 is 0 Å². The number of benzene rings is 2. The molecule has 0 aromatic heterocycles. The van der Waals surface area contributed by atoms with E-state index in [9.17, 15) is 19.2 Å². The molecule has 4 atom stereocenters. The first-order chi connectivity index (χ1) is 21.1. The molecule has 4 unspecified atom stereocenters. The summed E-state index contributed by atoms with van der Waals surface area (Å²) in [5, 5.41) is 24.4. The Bertz CT molecular complexity index is 1250. The molecule has 4 fully saturated rings. The van der Waals surface area contributed by atoms with Crippen LogP contribution in [0.4, 0.5) is 9.59 Å². The van der Waals surface area contributed by atoms with Gasteiger partial charge in [-0.1, -0.05) is 74.5 Å². The van der Waals surface area contributed by atoms with Gasteiger partial charge in [-0.2, -0.15) is 0 Å². The number of ether oxygens (including phenoxy) is 2. The van der Waals surface area contributed by atoms with E-state index in [-0.39, 0.29) is 31.7 Å². The van der Waals surface area contributed by atoms with Gasteiger partial charge in [-0.25, -0.2) is 9.59 Å². The van der Waals surface area contributed by atoms with E-state index < -0.39 is 35.0 Å². The van der Waals surface area contributed by atoms with E-state index in [0.717, 1.165) is 49.7 Å². The van der Waals surface area contributed by atoms with Gasteiger partial charge in [0.05, 0.1) is 10.8 Å². The summed E-state index contributed by atoms with van der Waals surface area (Å²) in [6, 6.07) is 19.3. The maximum atomic E-state index is 12.4. The Morgan fingerprint density at radius 2 is 0.978 bits per heavy atom. The minimum atomic E-state index is -0.805. The first kappa shape index (κ1) is 33.8. The van der Waals surface area contributed by atoms with Crippen LogP contribution in [0.1, 0.15) is 95.6 Å². The average Bonchev–Trinajstić information content (AvgIpc) is 3.45. The fourth-order valence-electron chi connectivity index (χ4n) is 7.86. The van der Waals surface area contributed by atoms with Gasteiger partial charge in [0.25, 0.3) is 0 Å². The molecule has 4 aliphatic carbocycles. The monoisotopic (exact) mass is 622 g/mol. The lowest BCUT2D eigenvalue weighted by atomic mass is 9.69. The fraction of sp³-hybridized carbons (Fsp3) is 0.543. The smallest absolute Gasteiger partial charge is 0.407 e. The molecule has 0 heterocycles. The highest BCUT2D eigenvalue weighted by molar-refractivity contribution is 5.81. The van der Waals surface area contributed by atoms with Crippen molar-refractivity contribution in [1.29, 1.82) is 0 Å². The average molecular weight is 623 g/mol. The molecule has 0 radical (unpaired) electrons. The molecule has 4 aliphatic rings. The van der Waals surface area contributed by atoms with Gasteiger partial charge >= 0.3 is 24.1 Å². The predicted molar refractivity (Wildman–Crippen MR) is 167 cm³/mol. The highest BCUT2D eigenvalue weighted by Gasteiger charge is 2.58. The zero-order chi connectivity index (χ0) is 31.3. The van der Waals surface area contributed by atoms with Crippen molar-refractivity contribution in [2.24, 2.45) is 10.8 Å². The Kier molecular flexibility index (Phi) is 10.5. The number of aliphatic carboxylic acids is 2. The van der Waals surface area contributed by atoms with Crippen molar-refractivity contribution >= 4 is 24.1 Å². The summed E-state index contributed by atoms with van der Waals surface area (Å²) in [7, 11) is 0. The minimum absolute atomic E-state index is 0. The summed E-state index contributed by atoms with van der Waals surface area (Å²) in [6.07, 6.45) is 7.75. The standard InChI is InChI=1S/C24H28N2O4.C10H14O4.CH4/c27-21(29-16-19-8-3-1-4-9-19)25-23-12-7-13-24(18-23,15-14-23)26-22(28)30-17-20-10-5-2-6-11-20;11-7(12)9-2-1-3-10(6-9,5-4-9)8(13)14;/h1-6,8-11H,7,12-18H2,(H,25,27)(H,26,28);1-6H2,(H,11,12)(H,13,14);1H4. The lowest BCUT2D eigenvalue weighted by Crippen LogP contribution is -2.55. The SMILES string of the molecule is C.O=C(NC12CCCC(NC(=O)OCc3ccccc3)(CC1)C2)OCc1ccccc1.O=C(O)C12CCCC(C(=O)O)(CC1)C2. The molecular formula is C35H46N2O8. The van der Waals surface area contributed by atoms with E-state index in [1.807, 2.05) is 60.7 Å². The van der Waals surface area contributed by atoms with Crippen molar-refractivity contribution in [3.05, 3.63) is 71.8 Å². The summed E-state index contributed by atoms with van der Waals surface area (Å²) in [4.78, 5) is 47.0. The van der Waals surface area contributed by atoms with Gasteiger partial charge in [-0.05, 0) is 81.8 Å². The zero-order valence-electron chi connectivity index (χ0n) is 25.0. The Hall–Kier alpha value is -4.08. The van der Waals surface area contributed by atoms with Crippen LogP contribution in [0, 0.1) is 10.8 Å². The van der Waals surface area contributed by atoms with E-state index in [1.54, 1.807) is 0 Å². The number of hydrogen-bond donors (Lipinski definition) is 4. The number of carboxylic acid groups (broad SMARTS) is 2. The second-order valence-electron chi connectivity index (χ2n) is 13.2. The zero-order valence-corrected chi connectivity index (χ0v) is 25.0. The van der Waals surface area contributed by atoms with Crippen molar-refractivity contribution in [3.63, 3.8) is 0 Å². The molecule has 2 aromatic rings. The summed E-state index contributed by atoms with van der Waals surface area (Å²) in [6.45, 7) is 0.496. The van der Waals surface area contributed by atoms with E-state index in [2.05, 4.69) is 10.6 Å². The van der Waals surface area contributed by atoms with E-state index >= 15 is 0 Å². The quantitative estimate of drug-likeness (QED) is 0.250. The number of carboxylic acids is 2. The molecule has 4 saturated carbocycles. The number of amides is 2. The van der Waals surface area contributed by atoms with Gasteiger partial charge in [0.15, 0.2) is 0 Å². The second kappa shape index (κ2) is 13.9. The number of hydrogen-bond acceptors (Lipinski definition) is 6. The van der Waals surface area contributed by atoms with Crippen molar-refractivity contribution in [2.75, 3.05) is 0 Å². The maximum Gasteiger partial charge on any atom is 0.407 e. The number of carbonyl (C=O) groups excluding carboxylic acids is 2. The predicted octanol–water partition coefficient (Wildman–Crippen LogP) is 6.82. The minimum Gasteiger partial charge on any atom is -0.481 e. The van der Waals surface area contributed by atoms with Crippen molar-refractivity contribution in [3.8, 4) is 0 Å². The van der Waals surface area contributed by atoms with Crippen molar-refractivity contribution in [2.45, 2.75) is 109 Å². The van der Waals surface area contributed by atoms with Crippen molar-refractivity contribution in [1.82, 2.24) is 10.6 Å². The van der Waals surface area contributed by atoms with Gasteiger partial charge in [0, 0.05) is 11.1 Å². The summed E-state index contributed by atoms with van der Waals surface area (Å²) in [5.74, 6) is -1.61. The molecule has 10 nitrogen and oxygen atoms in total. The molecule has 0 spiro atoms. The molecular weight excluding hydrogens is 576 g/mol. The van der Waals surface area contributed by atoms with Crippen LogP contribution in [0.25, 0.3) is 0 Å². The second-order valence-corrected chi connectivity index (χ2v) is 13.2. The molecule has 2 amide bonds. The lowest BCUT2D eigenvalue weighted by molar-refractivity contribution is -0.156. The normalized spacial score (nSPS) is 29.2. The van der Waals surface area contributed by atoms with Crippen LogP contribution in [0.2, 0.25) is 0 Å². The first-order valence-electron chi connectivity index (χ1n) is 15.5. The Balaban J connectivity index is 0.000000258. The first-order valence-corrected chi connectivity index (χ1v) is 15.5. The van der Waals surface area contributed by atoms with Crippen LogP contribution in [0.3, 0.4) is 0 Å². The number of nitrogens with one attached hydrogen (secondary N) is 2. The highest BCUT2D eigenvalue weighted by Crippen LogP contribution is 2.58. The third-order valence-corrected chi connectivity index (χ3v) is 10.2.